The molecule has 0 saturated heterocycles. The van der Waals surface area contributed by atoms with Gasteiger partial charge in [0, 0.05) is 18.6 Å². The van der Waals surface area contributed by atoms with Crippen LogP contribution in [0.3, 0.4) is 0 Å². The zero-order valence-corrected chi connectivity index (χ0v) is 12.8. The fourth-order valence-electron chi connectivity index (χ4n) is 2.04. The molecule has 0 radical (unpaired) electrons. The number of hydrogen-bond donors (Lipinski definition) is 3. The third kappa shape index (κ3) is 3.15. The standard InChI is InChI=1S/C14H17ClN4O3/c1-18-12(16)11(13(21)19(6-7-20)14(18)22)17-8-9-2-4-10(15)5-3-9/h2-5,17,20H,6-8,16H2,1H3. The summed E-state index contributed by atoms with van der Waals surface area (Å²) in [6, 6.07) is 7.12. The van der Waals surface area contributed by atoms with Gasteiger partial charge in [0.25, 0.3) is 5.56 Å². The summed E-state index contributed by atoms with van der Waals surface area (Å²) in [4.78, 5) is 24.3. The molecule has 0 bridgehead atoms. The molecule has 7 nitrogen and oxygen atoms in total. The fourth-order valence-corrected chi connectivity index (χ4v) is 2.17. The third-order valence-corrected chi connectivity index (χ3v) is 3.55. The molecular formula is C14H17ClN4O3. The van der Waals surface area contributed by atoms with Gasteiger partial charge in [0.15, 0.2) is 0 Å². The van der Waals surface area contributed by atoms with Crippen molar-refractivity contribution in [1.29, 1.82) is 0 Å². The van der Waals surface area contributed by atoms with Gasteiger partial charge in [0.05, 0.1) is 13.2 Å². The Bertz CT molecular complexity index is 780. The summed E-state index contributed by atoms with van der Waals surface area (Å²) in [5.41, 5.74) is 5.77. The summed E-state index contributed by atoms with van der Waals surface area (Å²) in [5.74, 6) is 0.0538. The average Bonchev–Trinajstić information content (AvgIpc) is 2.51. The number of hydrogen-bond acceptors (Lipinski definition) is 5. The number of benzene rings is 1. The maximum absolute atomic E-state index is 12.3. The Balaban J connectivity index is 2.36. The molecule has 0 fully saturated rings. The molecule has 118 valence electrons. The molecule has 0 unspecified atom stereocenters. The van der Waals surface area contributed by atoms with Crippen LogP contribution in [0, 0.1) is 0 Å². The largest absolute Gasteiger partial charge is 0.395 e. The Morgan fingerprint density at radius 1 is 1.27 bits per heavy atom. The van der Waals surface area contributed by atoms with Crippen LogP contribution in [-0.4, -0.2) is 20.8 Å². The zero-order valence-electron chi connectivity index (χ0n) is 12.0. The van der Waals surface area contributed by atoms with Crippen molar-refractivity contribution in [3.63, 3.8) is 0 Å². The first-order chi connectivity index (χ1) is 10.5. The lowest BCUT2D eigenvalue weighted by Crippen LogP contribution is -2.42. The van der Waals surface area contributed by atoms with Crippen LogP contribution in [-0.2, 0) is 20.1 Å². The minimum Gasteiger partial charge on any atom is -0.395 e. The molecule has 4 N–H and O–H groups in total. The van der Waals surface area contributed by atoms with Crippen molar-refractivity contribution >= 4 is 23.1 Å². The van der Waals surface area contributed by atoms with Crippen molar-refractivity contribution in [3.05, 3.63) is 55.7 Å². The van der Waals surface area contributed by atoms with Gasteiger partial charge in [-0.05, 0) is 17.7 Å². The van der Waals surface area contributed by atoms with Crippen LogP contribution >= 0.6 is 11.6 Å². The second kappa shape index (κ2) is 6.67. The molecule has 0 atom stereocenters. The van der Waals surface area contributed by atoms with E-state index in [4.69, 9.17) is 22.4 Å². The number of nitrogens with two attached hydrogens (primary N) is 1. The van der Waals surface area contributed by atoms with E-state index >= 15 is 0 Å². The Hall–Kier alpha value is -2.25. The van der Waals surface area contributed by atoms with Gasteiger partial charge < -0.3 is 16.2 Å². The Morgan fingerprint density at radius 3 is 2.50 bits per heavy atom. The summed E-state index contributed by atoms with van der Waals surface area (Å²) in [7, 11) is 1.47. The number of aliphatic hydroxyl groups is 1. The van der Waals surface area contributed by atoms with E-state index in [1.807, 2.05) is 12.1 Å². The molecule has 0 amide bonds. The van der Waals surface area contributed by atoms with Crippen LogP contribution in [0.5, 0.6) is 0 Å². The second-order valence-electron chi connectivity index (χ2n) is 4.76. The summed E-state index contributed by atoms with van der Waals surface area (Å²) in [5, 5.41) is 12.5. The van der Waals surface area contributed by atoms with Crippen molar-refractivity contribution in [2.75, 3.05) is 17.7 Å². The quantitative estimate of drug-likeness (QED) is 0.738. The molecule has 8 heteroatoms. The summed E-state index contributed by atoms with van der Waals surface area (Å²) >= 11 is 5.82. The van der Waals surface area contributed by atoms with Crippen molar-refractivity contribution < 1.29 is 5.11 Å². The van der Waals surface area contributed by atoms with E-state index in [0.717, 1.165) is 10.1 Å². The summed E-state index contributed by atoms with van der Waals surface area (Å²) in [6.45, 7) is -0.0367. The lowest BCUT2D eigenvalue weighted by molar-refractivity contribution is 0.270. The first kappa shape index (κ1) is 16.1. The Morgan fingerprint density at radius 2 is 1.91 bits per heavy atom. The monoisotopic (exact) mass is 324 g/mol. The van der Waals surface area contributed by atoms with Crippen molar-refractivity contribution in [3.8, 4) is 0 Å². The second-order valence-corrected chi connectivity index (χ2v) is 5.20. The van der Waals surface area contributed by atoms with E-state index in [2.05, 4.69) is 5.32 Å². The van der Waals surface area contributed by atoms with Crippen LogP contribution in [0.4, 0.5) is 11.5 Å². The molecule has 1 aromatic heterocycles. The van der Waals surface area contributed by atoms with Gasteiger partial charge in [-0.2, -0.15) is 0 Å². The normalized spacial score (nSPS) is 10.7. The highest BCUT2D eigenvalue weighted by atomic mass is 35.5. The number of aromatic nitrogens is 2. The lowest BCUT2D eigenvalue weighted by Gasteiger charge is -2.14. The minimum absolute atomic E-state index is 0.0538. The zero-order chi connectivity index (χ0) is 16.3. The number of aliphatic hydroxyl groups excluding tert-OH is 1. The van der Waals surface area contributed by atoms with E-state index in [9.17, 15) is 9.59 Å². The molecule has 2 aromatic rings. The number of nitrogen functional groups attached to an aromatic ring is 1. The maximum atomic E-state index is 12.3. The first-order valence-electron chi connectivity index (χ1n) is 6.64. The van der Waals surface area contributed by atoms with E-state index in [-0.39, 0.29) is 24.7 Å². The van der Waals surface area contributed by atoms with Crippen LogP contribution < -0.4 is 22.3 Å². The minimum atomic E-state index is -0.561. The molecule has 0 aliphatic carbocycles. The molecule has 0 saturated carbocycles. The number of nitrogens with one attached hydrogen (secondary N) is 1. The van der Waals surface area contributed by atoms with Crippen LogP contribution in [0.15, 0.2) is 33.9 Å². The van der Waals surface area contributed by atoms with Gasteiger partial charge in [-0.25, -0.2) is 4.79 Å². The molecule has 22 heavy (non-hydrogen) atoms. The predicted octanol–water partition coefficient (Wildman–Crippen LogP) is 0.387. The van der Waals surface area contributed by atoms with Gasteiger partial charge in [0.1, 0.15) is 11.5 Å². The van der Waals surface area contributed by atoms with Gasteiger partial charge in [-0.15, -0.1) is 0 Å². The van der Waals surface area contributed by atoms with Crippen molar-refractivity contribution in [1.82, 2.24) is 9.13 Å². The van der Waals surface area contributed by atoms with Gasteiger partial charge >= 0.3 is 5.69 Å². The number of halogens is 1. The van der Waals surface area contributed by atoms with Crippen LogP contribution in [0.1, 0.15) is 5.56 Å². The summed E-state index contributed by atoms with van der Waals surface area (Å²) < 4.78 is 2.11. The van der Waals surface area contributed by atoms with E-state index in [1.54, 1.807) is 12.1 Å². The summed E-state index contributed by atoms with van der Waals surface area (Å²) in [6.07, 6.45) is 0. The van der Waals surface area contributed by atoms with Gasteiger partial charge in [-0.1, -0.05) is 23.7 Å². The highest BCUT2D eigenvalue weighted by Crippen LogP contribution is 2.13. The molecular weight excluding hydrogens is 308 g/mol. The van der Waals surface area contributed by atoms with E-state index in [1.165, 1.54) is 11.6 Å². The van der Waals surface area contributed by atoms with Crippen molar-refractivity contribution in [2.45, 2.75) is 13.1 Å². The van der Waals surface area contributed by atoms with E-state index in [0.29, 0.717) is 11.6 Å². The molecule has 0 aliphatic rings. The Kier molecular flexibility index (Phi) is 4.89. The smallest absolute Gasteiger partial charge is 0.332 e. The number of nitrogens with zero attached hydrogens (tertiary/aromatic N) is 2. The highest BCUT2D eigenvalue weighted by Gasteiger charge is 2.14. The number of anilines is 2. The van der Waals surface area contributed by atoms with E-state index < -0.39 is 11.2 Å². The molecule has 0 aliphatic heterocycles. The third-order valence-electron chi connectivity index (χ3n) is 3.30. The number of rotatable bonds is 5. The highest BCUT2D eigenvalue weighted by molar-refractivity contribution is 6.30. The molecule has 0 spiro atoms. The molecule has 2 rings (SSSR count). The van der Waals surface area contributed by atoms with Crippen LogP contribution in [0.2, 0.25) is 5.02 Å². The molecule has 1 heterocycles. The first-order valence-corrected chi connectivity index (χ1v) is 7.02. The van der Waals surface area contributed by atoms with Crippen LogP contribution in [0.25, 0.3) is 0 Å². The Labute approximate surface area is 131 Å². The maximum Gasteiger partial charge on any atom is 0.332 e. The lowest BCUT2D eigenvalue weighted by atomic mass is 10.2. The molecule has 1 aromatic carbocycles. The topological polar surface area (TPSA) is 102 Å². The van der Waals surface area contributed by atoms with Crippen molar-refractivity contribution in [2.24, 2.45) is 7.05 Å². The van der Waals surface area contributed by atoms with Gasteiger partial charge in [0.2, 0.25) is 0 Å². The van der Waals surface area contributed by atoms with Gasteiger partial charge in [-0.3, -0.25) is 13.9 Å². The predicted molar refractivity (Wildman–Crippen MR) is 86.2 cm³/mol. The average molecular weight is 325 g/mol. The fraction of sp³-hybridized carbons (Fsp3) is 0.286. The SMILES string of the molecule is Cn1c(N)c(NCc2ccc(Cl)cc2)c(=O)n(CCO)c1=O.